The lowest BCUT2D eigenvalue weighted by Gasteiger charge is -2.26. The fourth-order valence-electron chi connectivity index (χ4n) is 6.52. The molecule has 4 aliphatic heterocycles. The van der Waals surface area contributed by atoms with Crippen LogP contribution in [0.1, 0.15) is 12.5 Å². The molecule has 6 heterocycles. The van der Waals surface area contributed by atoms with E-state index in [1.54, 1.807) is 12.3 Å². The zero-order valence-corrected chi connectivity index (χ0v) is 26.6. The van der Waals surface area contributed by atoms with Crippen molar-refractivity contribution in [3.63, 3.8) is 0 Å². The SMILES string of the molecule is CC1=C2C=CC(=N2)C=C2C=CC(=N2)C=c2ccc([nH]2)=CC2(Cc3ccc(Cl)cc3)NC1/C(=C\C(=O)Nc1ccc3ncccc3c1)C2=O. The molecule has 2 unspecified atom stereocenters. The molecule has 1 amide bonds. The summed E-state index contributed by atoms with van der Waals surface area (Å²) in [5.41, 5.74) is 5.37. The maximum absolute atomic E-state index is 14.9. The lowest BCUT2D eigenvalue weighted by Crippen LogP contribution is -2.49. The quantitative estimate of drug-likeness (QED) is 0.269. The van der Waals surface area contributed by atoms with Gasteiger partial charge in [0.2, 0.25) is 5.91 Å². The van der Waals surface area contributed by atoms with Crippen molar-refractivity contribution in [1.82, 2.24) is 15.3 Å². The van der Waals surface area contributed by atoms with Gasteiger partial charge in [-0.05, 0) is 109 Å². The van der Waals surface area contributed by atoms with Gasteiger partial charge in [-0.3, -0.25) is 19.9 Å². The topological polar surface area (TPSA) is 112 Å². The van der Waals surface area contributed by atoms with Crippen molar-refractivity contribution in [2.24, 2.45) is 9.98 Å². The molecule has 234 valence electrons. The molecular weight excluding hydrogens is 620 g/mol. The van der Waals surface area contributed by atoms with Crippen LogP contribution in [0.4, 0.5) is 5.69 Å². The van der Waals surface area contributed by atoms with E-state index < -0.39 is 17.5 Å². The number of fused-ring (bicyclic) bond motifs is 7. The van der Waals surface area contributed by atoms with E-state index in [1.807, 2.05) is 110 Å². The number of aromatic nitrogens is 2. The van der Waals surface area contributed by atoms with Gasteiger partial charge in [0, 0.05) is 51.1 Å². The number of ketones is 1. The van der Waals surface area contributed by atoms with Crippen LogP contribution in [0, 0.1) is 0 Å². The molecule has 8 rings (SSSR count). The first kappa shape index (κ1) is 29.7. The van der Waals surface area contributed by atoms with Gasteiger partial charge in [-0.15, -0.1) is 0 Å². The Morgan fingerprint density at radius 2 is 1.77 bits per heavy atom. The van der Waals surface area contributed by atoms with Crippen LogP contribution in [-0.2, 0) is 16.0 Å². The number of anilines is 1. The molecule has 8 nitrogen and oxygen atoms in total. The zero-order valence-electron chi connectivity index (χ0n) is 25.9. The Hall–Kier alpha value is -5.70. The van der Waals surface area contributed by atoms with Gasteiger partial charge in [0.15, 0.2) is 5.78 Å². The molecule has 0 aliphatic carbocycles. The number of hydrogen-bond acceptors (Lipinski definition) is 6. The molecule has 48 heavy (non-hydrogen) atoms. The van der Waals surface area contributed by atoms with E-state index >= 15 is 0 Å². The Bertz CT molecular complexity index is 2390. The highest BCUT2D eigenvalue weighted by Gasteiger charge is 2.49. The lowest BCUT2D eigenvalue weighted by atomic mass is 9.85. The van der Waals surface area contributed by atoms with Crippen molar-refractivity contribution in [2.75, 3.05) is 5.32 Å². The Balaban J connectivity index is 1.28. The van der Waals surface area contributed by atoms with Gasteiger partial charge in [-0.1, -0.05) is 29.8 Å². The minimum absolute atomic E-state index is 0.204. The van der Waals surface area contributed by atoms with Crippen LogP contribution in [0.5, 0.6) is 0 Å². The highest BCUT2D eigenvalue weighted by molar-refractivity contribution is 6.30. The van der Waals surface area contributed by atoms with E-state index in [4.69, 9.17) is 21.6 Å². The van der Waals surface area contributed by atoms with Gasteiger partial charge in [0.05, 0.1) is 34.4 Å². The number of hydrogen-bond donors (Lipinski definition) is 3. The van der Waals surface area contributed by atoms with Crippen LogP contribution in [0.3, 0.4) is 0 Å². The van der Waals surface area contributed by atoms with Crippen LogP contribution in [0.25, 0.3) is 23.1 Å². The molecule has 9 heteroatoms. The van der Waals surface area contributed by atoms with Gasteiger partial charge in [-0.25, -0.2) is 9.98 Å². The molecule has 1 fully saturated rings. The third-order valence-electron chi connectivity index (χ3n) is 8.85. The van der Waals surface area contributed by atoms with Crippen molar-refractivity contribution >= 4 is 63.5 Å². The fourth-order valence-corrected chi connectivity index (χ4v) is 6.65. The highest BCUT2D eigenvalue weighted by atomic mass is 35.5. The van der Waals surface area contributed by atoms with E-state index in [-0.39, 0.29) is 5.78 Å². The van der Waals surface area contributed by atoms with E-state index in [1.165, 1.54) is 6.08 Å². The van der Waals surface area contributed by atoms with Gasteiger partial charge >= 0.3 is 0 Å². The average Bonchev–Trinajstić information content (AvgIpc) is 3.88. The predicted molar refractivity (Wildman–Crippen MR) is 191 cm³/mol. The standard InChI is InChI=1S/C39H29ClN6O2/c1-23-34-14-12-31(44-34)19-29-9-8-28(42-29)18-30-10-11-32(43-30)22-39(21-24-4-6-26(40)7-5-24)38(48)33(37(23)46-39)20-36(47)45-27-13-15-35-25(17-27)3-2-16-41-35/h2-20,22,37,43,46H,21H2,1H3,(H,45,47)/b29-19?,30-18?,32-22?,33-20+,34-23?. The summed E-state index contributed by atoms with van der Waals surface area (Å²) in [6, 6.07) is 20.1. The second-order valence-corrected chi connectivity index (χ2v) is 12.7. The second kappa shape index (κ2) is 11.8. The third-order valence-corrected chi connectivity index (χ3v) is 9.10. The van der Waals surface area contributed by atoms with E-state index in [9.17, 15) is 9.59 Å². The number of halogens is 1. The third kappa shape index (κ3) is 5.72. The minimum atomic E-state index is -1.20. The summed E-state index contributed by atoms with van der Waals surface area (Å²) in [6.07, 6.45) is 17.1. The Labute approximate surface area is 281 Å². The molecule has 0 saturated carbocycles. The summed E-state index contributed by atoms with van der Waals surface area (Å²) in [5.74, 6) is -0.613. The number of carbonyl (C=O) groups excluding carboxylic acids is 2. The van der Waals surface area contributed by atoms with Crippen molar-refractivity contribution in [2.45, 2.75) is 24.9 Å². The molecule has 0 spiro atoms. The molecule has 2 atom stereocenters. The van der Waals surface area contributed by atoms with Gasteiger partial charge in [-0.2, -0.15) is 0 Å². The first-order valence-electron chi connectivity index (χ1n) is 15.6. The van der Waals surface area contributed by atoms with E-state index in [2.05, 4.69) is 20.6 Å². The van der Waals surface area contributed by atoms with Crippen LogP contribution in [0.2, 0.25) is 5.02 Å². The number of nitrogens with one attached hydrogen (secondary N) is 3. The van der Waals surface area contributed by atoms with Gasteiger partial charge in [0.25, 0.3) is 0 Å². The molecular formula is C39H29ClN6O2. The largest absolute Gasteiger partial charge is 0.356 e. The molecule has 3 N–H and O–H groups in total. The van der Waals surface area contributed by atoms with Crippen molar-refractivity contribution in [3.8, 4) is 0 Å². The summed E-state index contributed by atoms with van der Waals surface area (Å²) in [7, 11) is 0. The van der Waals surface area contributed by atoms with Crippen LogP contribution in [-0.4, -0.2) is 44.7 Å². The molecule has 4 aromatic rings. The number of benzene rings is 2. The average molecular weight is 649 g/mol. The maximum atomic E-state index is 14.9. The normalized spacial score (nSPS) is 22.0. The number of aliphatic imine (C=N–C) groups is 2. The molecule has 2 aromatic heterocycles. The second-order valence-electron chi connectivity index (χ2n) is 12.2. The number of amides is 1. The summed E-state index contributed by atoms with van der Waals surface area (Å²) in [4.78, 5) is 45.9. The number of Topliss-reactive ketones (excluding diaryl/α,β-unsaturated/α-hetero) is 1. The number of nitrogens with zero attached hydrogens (tertiary/aromatic N) is 3. The number of rotatable bonds is 4. The number of allylic oxidation sites excluding steroid dienone is 5. The van der Waals surface area contributed by atoms with Crippen LogP contribution >= 0.6 is 11.6 Å². The van der Waals surface area contributed by atoms with Crippen LogP contribution in [0.15, 0.2) is 142 Å². The summed E-state index contributed by atoms with van der Waals surface area (Å²) >= 11 is 6.23. The molecule has 2 aromatic carbocycles. The molecule has 8 bridgehead atoms. The lowest BCUT2D eigenvalue weighted by molar-refractivity contribution is -0.118. The van der Waals surface area contributed by atoms with E-state index in [0.717, 1.165) is 55.6 Å². The maximum Gasteiger partial charge on any atom is 0.248 e. The zero-order chi connectivity index (χ0) is 32.8. The molecule has 4 aliphatic rings. The van der Waals surface area contributed by atoms with Gasteiger partial charge < -0.3 is 10.3 Å². The number of aromatic amines is 1. The smallest absolute Gasteiger partial charge is 0.248 e. The number of carbonyl (C=O) groups is 2. The minimum Gasteiger partial charge on any atom is -0.356 e. The summed E-state index contributed by atoms with van der Waals surface area (Å²) < 4.78 is 0. The first-order valence-corrected chi connectivity index (χ1v) is 16.0. The Morgan fingerprint density at radius 3 is 2.65 bits per heavy atom. The predicted octanol–water partition coefficient (Wildman–Crippen LogP) is 5.06. The Morgan fingerprint density at radius 1 is 0.958 bits per heavy atom. The summed E-state index contributed by atoms with van der Waals surface area (Å²) in [5, 5.41) is 9.73. The monoisotopic (exact) mass is 648 g/mol. The van der Waals surface area contributed by atoms with Gasteiger partial charge in [0.1, 0.15) is 5.54 Å². The van der Waals surface area contributed by atoms with Crippen molar-refractivity contribution < 1.29 is 9.59 Å². The number of H-pyrrole nitrogens is 1. The molecule has 1 saturated heterocycles. The number of pyridine rings is 1. The summed E-state index contributed by atoms with van der Waals surface area (Å²) in [6.45, 7) is 1.95. The van der Waals surface area contributed by atoms with E-state index in [0.29, 0.717) is 22.7 Å². The fraction of sp³-hybridized carbons (Fsp3) is 0.103. The highest BCUT2D eigenvalue weighted by Crippen LogP contribution is 2.35. The first-order chi connectivity index (χ1) is 23.3. The van der Waals surface area contributed by atoms with Crippen molar-refractivity contribution in [1.29, 1.82) is 0 Å². The Kier molecular flexibility index (Phi) is 7.32. The molecule has 0 radical (unpaired) electrons. The van der Waals surface area contributed by atoms with Crippen molar-refractivity contribution in [3.05, 3.63) is 153 Å². The van der Waals surface area contributed by atoms with Crippen LogP contribution < -0.4 is 21.3 Å².